The van der Waals surface area contributed by atoms with Gasteiger partial charge in [-0.2, -0.15) is 0 Å². The highest BCUT2D eigenvalue weighted by Gasteiger charge is 2.53. The minimum absolute atomic E-state index is 0.0433. The van der Waals surface area contributed by atoms with Crippen molar-refractivity contribution in [3.05, 3.63) is 24.5 Å². The number of amides is 2. The molecule has 6 nitrogen and oxygen atoms in total. The first-order chi connectivity index (χ1) is 13.7. The number of aliphatic imine (C=N–C) groups is 1. The lowest BCUT2D eigenvalue weighted by molar-refractivity contribution is 0.184. The summed E-state index contributed by atoms with van der Waals surface area (Å²) in [7, 11) is 0. The van der Waals surface area contributed by atoms with Crippen LogP contribution in [0.3, 0.4) is 0 Å². The summed E-state index contributed by atoms with van der Waals surface area (Å²) in [6.07, 6.45) is 14.4. The first kappa shape index (κ1) is 18.1. The first-order valence-electron chi connectivity index (χ1n) is 11.1. The number of nitrogens with zero attached hydrogens (tertiary/aromatic N) is 4. The molecule has 2 amide bonds. The Balaban J connectivity index is 1.45. The molecule has 2 saturated carbocycles. The van der Waals surface area contributed by atoms with Crippen molar-refractivity contribution in [1.82, 2.24) is 15.2 Å². The maximum Gasteiger partial charge on any atom is 0.328 e. The molecular formula is C22H31N5O. The molecule has 0 unspecified atom stereocenters. The largest absolute Gasteiger partial charge is 0.328 e. The summed E-state index contributed by atoms with van der Waals surface area (Å²) in [5.41, 5.74) is 0.543. The molecular weight excluding hydrogens is 350 g/mol. The molecule has 4 aliphatic rings. The van der Waals surface area contributed by atoms with E-state index in [-0.39, 0.29) is 11.6 Å². The number of likely N-dealkylation sites (tertiary alicyclic amines) is 1. The third-order valence-corrected chi connectivity index (χ3v) is 6.98. The second-order valence-electron chi connectivity index (χ2n) is 9.02. The van der Waals surface area contributed by atoms with Gasteiger partial charge >= 0.3 is 6.03 Å². The second kappa shape index (κ2) is 7.47. The lowest BCUT2D eigenvalue weighted by Gasteiger charge is -2.43. The van der Waals surface area contributed by atoms with E-state index in [9.17, 15) is 4.79 Å². The van der Waals surface area contributed by atoms with Crippen LogP contribution in [0.15, 0.2) is 29.5 Å². The lowest BCUT2D eigenvalue weighted by Crippen LogP contribution is -2.57. The van der Waals surface area contributed by atoms with E-state index in [2.05, 4.69) is 15.2 Å². The molecule has 1 aromatic rings. The number of nitrogens with one attached hydrogen (secondary N) is 1. The molecule has 0 bridgehead atoms. The Kier molecular flexibility index (Phi) is 4.83. The summed E-state index contributed by atoms with van der Waals surface area (Å²) in [5.74, 6) is 1.82. The van der Waals surface area contributed by atoms with Crippen LogP contribution in [0, 0.1) is 5.92 Å². The van der Waals surface area contributed by atoms with Gasteiger partial charge in [-0.3, -0.25) is 20.2 Å². The summed E-state index contributed by atoms with van der Waals surface area (Å²) >= 11 is 0. The number of anilines is 1. The summed E-state index contributed by atoms with van der Waals surface area (Å²) < 4.78 is 0. The van der Waals surface area contributed by atoms with Crippen LogP contribution in [-0.4, -0.2) is 53.0 Å². The fourth-order valence-electron chi connectivity index (χ4n) is 5.20. The molecule has 1 N–H and O–H groups in total. The van der Waals surface area contributed by atoms with Crippen LogP contribution in [0.25, 0.3) is 0 Å². The molecule has 5 rings (SSSR count). The molecule has 4 fully saturated rings. The topological polar surface area (TPSA) is 60.8 Å². The predicted molar refractivity (Wildman–Crippen MR) is 111 cm³/mol. The van der Waals surface area contributed by atoms with Crippen LogP contribution >= 0.6 is 0 Å². The van der Waals surface area contributed by atoms with E-state index < -0.39 is 0 Å². The van der Waals surface area contributed by atoms with Gasteiger partial charge in [0.05, 0.1) is 17.9 Å². The van der Waals surface area contributed by atoms with E-state index in [0.29, 0.717) is 6.04 Å². The molecule has 3 heterocycles. The number of hydrogen-bond donors (Lipinski definition) is 1. The maximum atomic E-state index is 13.1. The number of carbonyl (C=O) groups is 1. The van der Waals surface area contributed by atoms with Gasteiger partial charge in [0.1, 0.15) is 11.4 Å². The number of carbonyl (C=O) groups excluding carboxylic acids is 1. The fourth-order valence-corrected chi connectivity index (χ4v) is 5.20. The molecule has 28 heavy (non-hydrogen) atoms. The van der Waals surface area contributed by atoms with Crippen LogP contribution in [-0.2, 0) is 0 Å². The summed E-state index contributed by atoms with van der Waals surface area (Å²) in [6, 6.07) is 4.22. The highest BCUT2D eigenvalue weighted by atomic mass is 16.2. The van der Waals surface area contributed by atoms with Crippen LogP contribution in [0.1, 0.15) is 57.8 Å². The number of aromatic nitrogens is 1. The third kappa shape index (κ3) is 3.43. The third-order valence-electron chi connectivity index (χ3n) is 6.98. The van der Waals surface area contributed by atoms with Gasteiger partial charge in [0, 0.05) is 25.8 Å². The van der Waals surface area contributed by atoms with Gasteiger partial charge in [0.2, 0.25) is 0 Å². The van der Waals surface area contributed by atoms with Gasteiger partial charge < -0.3 is 4.90 Å². The summed E-state index contributed by atoms with van der Waals surface area (Å²) in [6.45, 7) is 3.29. The molecule has 6 heteroatoms. The number of rotatable bonds is 4. The van der Waals surface area contributed by atoms with Crippen LogP contribution in [0.5, 0.6) is 0 Å². The van der Waals surface area contributed by atoms with Crippen molar-refractivity contribution in [2.45, 2.75) is 69.4 Å². The maximum absolute atomic E-state index is 13.1. The zero-order chi connectivity index (χ0) is 19.0. The first-order valence-corrected chi connectivity index (χ1v) is 11.1. The monoisotopic (exact) mass is 381 g/mol. The van der Waals surface area contributed by atoms with Crippen LogP contribution in [0.2, 0.25) is 0 Å². The van der Waals surface area contributed by atoms with Crippen molar-refractivity contribution in [1.29, 1.82) is 0 Å². The fraction of sp³-hybridized carbons (Fsp3) is 0.682. The summed E-state index contributed by atoms with van der Waals surface area (Å²) in [4.78, 5) is 27.0. The highest BCUT2D eigenvalue weighted by molar-refractivity contribution is 6.19. The number of pyridine rings is 1. The number of piperidine rings is 1. The van der Waals surface area contributed by atoms with E-state index in [0.717, 1.165) is 56.2 Å². The van der Waals surface area contributed by atoms with Gasteiger partial charge in [-0.25, -0.2) is 4.79 Å². The minimum Gasteiger partial charge on any atom is -0.303 e. The summed E-state index contributed by atoms with van der Waals surface area (Å²) in [5, 5.41) is 3.17. The Morgan fingerprint density at radius 3 is 2.61 bits per heavy atom. The Morgan fingerprint density at radius 1 is 1.14 bits per heavy atom. The predicted octanol–water partition coefficient (Wildman–Crippen LogP) is 3.59. The Hall–Kier alpha value is -1.95. The zero-order valence-electron chi connectivity index (χ0n) is 16.6. The average Bonchev–Trinajstić information content (AvgIpc) is 3.50. The number of urea groups is 1. The molecule has 1 spiro atoms. The number of hydrogen-bond acceptors (Lipinski definition) is 4. The quantitative estimate of drug-likeness (QED) is 0.867. The number of amidine groups is 1. The lowest BCUT2D eigenvalue weighted by atomic mass is 9.84. The van der Waals surface area contributed by atoms with E-state index in [1.807, 2.05) is 17.0 Å². The highest BCUT2D eigenvalue weighted by Crippen LogP contribution is 2.39. The van der Waals surface area contributed by atoms with Crippen molar-refractivity contribution in [3.63, 3.8) is 0 Å². The molecule has 1 aromatic heterocycles. The van der Waals surface area contributed by atoms with Crippen LogP contribution < -0.4 is 10.2 Å². The smallest absolute Gasteiger partial charge is 0.303 e. The molecule has 2 aliphatic carbocycles. The van der Waals surface area contributed by atoms with Crippen molar-refractivity contribution < 1.29 is 4.79 Å². The standard InChI is InChI=1S/C22H31N5O/c28-21-25-20(24-18-5-2-1-3-6-18)22(27(21)19-7-4-12-23-15-19)10-13-26(14-11-22)16-17-8-9-17/h4,7,12,15,17-18H,1-3,5-6,8-11,13-14,16H2,(H,24,25,28). The Morgan fingerprint density at radius 2 is 1.93 bits per heavy atom. The van der Waals surface area contributed by atoms with E-state index in [1.54, 1.807) is 12.4 Å². The van der Waals surface area contributed by atoms with Gasteiger partial charge in [0.25, 0.3) is 0 Å². The molecule has 2 aliphatic heterocycles. The normalized spacial score (nSPS) is 27.5. The minimum atomic E-state index is -0.336. The SMILES string of the molecule is O=C1NC(=NC2CCCCC2)C2(CCN(CC3CC3)CC2)N1c1cccnc1. The molecule has 0 radical (unpaired) electrons. The van der Waals surface area contributed by atoms with Gasteiger partial charge in [-0.1, -0.05) is 19.3 Å². The van der Waals surface area contributed by atoms with Crippen LogP contribution in [0.4, 0.5) is 10.5 Å². The Labute approximate surface area is 167 Å². The van der Waals surface area contributed by atoms with Crippen molar-refractivity contribution >= 4 is 17.6 Å². The van der Waals surface area contributed by atoms with Gasteiger partial charge in [-0.05, 0) is 56.6 Å². The average molecular weight is 382 g/mol. The Bertz CT molecular complexity index is 731. The van der Waals surface area contributed by atoms with Crippen molar-refractivity contribution in [2.24, 2.45) is 10.9 Å². The molecule has 150 valence electrons. The zero-order valence-corrected chi connectivity index (χ0v) is 16.6. The molecule has 0 aromatic carbocycles. The van der Waals surface area contributed by atoms with E-state index in [4.69, 9.17) is 4.99 Å². The molecule has 2 saturated heterocycles. The van der Waals surface area contributed by atoms with Gasteiger partial charge in [0.15, 0.2) is 0 Å². The van der Waals surface area contributed by atoms with Crippen molar-refractivity contribution in [2.75, 3.05) is 24.5 Å². The van der Waals surface area contributed by atoms with Crippen molar-refractivity contribution in [3.8, 4) is 0 Å². The molecule has 0 atom stereocenters. The second-order valence-corrected chi connectivity index (χ2v) is 9.02. The van der Waals surface area contributed by atoms with E-state index in [1.165, 1.54) is 38.6 Å². The van der Waals surface area contributed by atoms with E-state index >= 15 is 0 Å². The van der Waals surface area contributed by atoms with Gasteiger partial charge in [-0.15, -0.1) is 0 Å².